The standard InChI is InChI=1S/2C21H33P.C15H12.2ClH.Ru/c2*1-2-18-13-15-19(16-14-18)17-22(20-9-5-3-6-10-20)21-11-7-4-8-12-21;1-2-15(13-9-5-3-6-10-13)14-11-7-4-8-12-14;;;/h2*13-16,20-21H,2-12,17H2,1H3;1-12H;2*1H;/q;;;;;+2. The van der Waals surface area contributed by atoms with Gasteiger partial charge in [-0.2, -0.15) is 0 Å². The minimum absolute atomic E-state index is 0.217. The summed E-state index contributed by atoms with van der Waals surface area (Å²) in [4.78, 5) is 0. The van der Waals surface area contributed by atoms with Gasteiger partial charge in [0.2, 0.25) is 0 Å². The molecule has 0 unspecified atom stereocenters. The Morgan fingerprint density at radius 3 is 1.00 bits per heavy atom. The van der Waals surface area contributed by atoms with Gasteiger partial charge in [0.1, 0.15) is 0 Å². The van der Waals surface area contributed by atoms with Gasteiger partial charge in [0.15, 0.2) is 0 Å². The first-order chi connectivity index (χ1) is 30.5. The van der Waals surface area contributed by atoms with Gasteiger partial charge in [-0.05, 0) is 138 Å². The molecular weight excluding hydrogens is 919 g/mol. The van der Waals surface area contributed by atoms with E-state index in [0.717, 1.165) is 28.2 Å². The topological polar surface area (TPSA) is 0 Å². The molecule has 0 saturated heterocycles. The summed E-state index contributed by atoms with van der Waals surface area (Å²) in [5.74, 6) is 0. The second-order valence-corrected chi connectivity index (χ2v) is 30.9. The third kappa shape index (κ3) is 16.8. The summed E-state index contributed by atoms with van der Waals surface area (Å²) in [6, 6.07) is 39.7. The first-order valence-electron chi connectivity index (χ1n) is 25.0. The quantitative estimate of drug-likeness (QED) is 0.0925. The van der Waals surface area contributed by atoms with Crippen molar-refractivity contribution in [1.82, 2.24) is 0 Å². The summed E-state index contributed by atoms with van der Waals surface area (Å²) >= 11 is -1.77. The van der Waals surface area contributed by atoms with E-state index in [1.807, 2.05) is 47.1 Å². The third-order valence-corrected chi connectivity index (χ3v) is 24.6. The van der Waals surface area contributed by atoms with Crippen molar-refractivity contribution in [2.45, 2.75) is 190 Å². The van der Waals surface area contributed by atoms with Gasteiger partial charge in [-0.15, -0.1) is 0 Å². The Kier molecular flexibility index (Phi) is 23.0. The Labute approximate surface area is 394 Å². The normalized spacial score (nSPS) is 18.3. The Morgan fingerprint density at radius 2 is 0.726 bits per heavy atom. The van der Waals surface area contributed by atoms with Crippen molar-refractivity contribution in [3.05, 3.63) is 149 Å². The molecule has 0 heterocycles. The van der Waals surface area contributed by atoms with Gasteiger partial charge < -0.3 is 0 Å². The molecule has 62 heavy (non-hydrogen) atoms. The fraction of sp³-hybridized carbons (Fsp3) is 0.526. The second kappa shape index (κ2) is 28.6. The van der Waals surface area contributed by atoms with Crippen LogP contribution in [0, 0.1) is 0 Å². The van der Waals surface area contributed by atoms with Crippen molar-refractivity contribution in [2.75, 3.05) is 0 Å². The average Bonchev–Trinajstić information content (AvgIpc) is 3.35. The van der Waals surface area contributed by atoms with Crippen molar-refractivity contribution in [3.8, 4) is 0 Å². The van der Waals surface area contributed by atoms with E-state index >= 15 is 0 Å². The van der Waals surface area contributed by atoms with E-state index in [1.54, 1.807) is 62.5 Å². The second-order valence-electron chi connectivity index (χ2n) is 18.8. The van der Waals surface area contributed by atoms with Gasteiger partial charge >= 0.3 is 121 Å². The molecule has 0 radical (unpaired) electrons. The molecule has 5 heteroatoms. The van der Waals surface area contributed by atoms with Crippen molar-refractivity contribution in [1.29, 1.82) is 0 Å². The Morgan fingerprint density at radius 1 is 0.435 bits per heavy atom. The van der Waals surface area contributed by atoms with E-state index in [9.17, 15) is 0 Å². The fourth-order valence-electron chi connectivity index (χ4n) is 11.1. The van der Waals surface area contributed by atoms with Crippen LogP contribution in [-0.2, 0) is 38.7 Å². The number of hydrogen-bond donors (Lipinski definition) is 0. The molecule has 338 valence electrons. The molecule has 4 aliphatic rings. The number of allylic oxidation sites excluding steroid dienone is 1. The molecule has 8 rings (SSSR count). The van der Waals surface area contributed by atoms with Crippen molar-refractivity contribution < 1.29 is 13.5 Å². The van der Waals surface area contributed by atoms with Crippen LogP contribution in [0.15, 0.2) is 115 Å². The van der Waals surface area contributed by atoms with Crippen LogP contribution in [0.1, 0.15) is 176 Å². The van der Waals surface area contributed by atoms with Gasteiger partial charge in [0.05, 0.1) is 35.0 Å². The average molecular weight is 999 g/mol. The number of hydrogen-bond acceptors (Lipinski definition) is 0. The van der Waals surface area contributed by atoms with E-state index in [2.05, 4.69) is 86.6 Å². The summed E-state index contributed by atoms with van der Waals surface area (Å²) in [5, 5.41) is 0. The molecule has 0 aliphatic heterocycles. The van der Waals surface area contributed by atoms with Crippen LogP contribution in [-0.4, -0.2) is 27.2 Å². The Hall–Kier alpha value is -1.45. The van der Waals surface area contributed by atoms with E-state index < -0.39 is 13.5 Å². The van der Waals surface area contributed by atoms with Gasteiger partial charge in [0, 0.05) is 15.8 Å². The molecule has 0 amide bonds. The molecule has 0 aromatic heterocycles. The molecule has 0 N–H and O–H groups in total. The van der Waals surface area contributed by atoms with Gasteiger partial charge in [-0.25, -0.2) is 0 Å². The van der Waals surface area contributed by atoms with E-state index in [4.69, 9.17) is 19.4 Å². The summed E-state index contributed by atoms with van der Waals surface area (Å²) in [5.41, 5.74) is 14.2. The first kappa shape index (κ1) is 50.0. The molecule has 4 aromatic rings. The van der Waals surface area contributed by atoms with E-state index in [0.29, 0.717) is 0 Å². The van der Waals surface area contributed by atoms with Crippen molar-refractivity contribution in [3.63, 3.8) is 0 Å². The van der Waals surface area contributed by atoms with E-state index in [-0.39, 0.29) is 15.8 Å². The first-order valence-corrected chi connectivity index (χ1v) is 34.2. The molecule has 4 saturated carbocycles. The molecule has 0 nitrogen and oxygen atoms in total. The van der Waals surface area contributed by atoms with Gasteiger partial charge in [-0.1, -0.05) is 88.1 Å². The number of aryl methyl sites for hydroxylation is 2. The summed E-state index contributed by atoms with van der Waals surface area (Å²) in [6.45, 7) is 4.52. The molecule has 4 aromatic carbocycles. The summed E-state index contributed by atoms with van der Waals surface area (Å²) in [7, 11) is 11.4. The van der Waals surface area contributed by atoms with Gasteiger partial charge in [0.25, 0.3) is 0 Å². The number of rotatable bonds is 13. The summed E-state index contributed by atoms with van der Waals surface area (Å²) in [6.07, 6.45) is 37.8. The molecular formula is C57H80Cl2P2Ru+2. The Balaban J connectivity index is 0.000000156. The zero-order valence-corrected chi connectivity index (χ0v) is 43.7. The van der Waals surface area contributed by atoms with Crippen LogP contribution in [0.4, 0.5) is 0 Å². The van der Waals surface area contributed by atoms with Crippen molar-refractivity contribution >= 4 is 45.4 Å². The zero-order valence-electron chi connectivity index (χ0n) is 38.4. The van der Waals surface area contributed by atoms with Gasteiger partial charge in [-0.3, -0.25) is 0 Å². The molecule has 0 atom stereocenters. The predicted octanol–water partition coefficient (Wildman–Crippen LogP) is 18.1. The molecule has 0 bridgehead atoms. The monoisotopic (exact) mass is 998 g/mol. The minimum atomic E-state index is -1.77. The van der Waals surface area contributed by atoms with Crippen molar-refractivity contribution in [2.24, 2.45) is 0 Å². The van der Waals surface area contributed by atoms with Crippen LogP contribution >= 0.6 is 35.2 Å². The molecule has 4 aliphatic carbocycles. The maximum absolute atomic E-state index is 5.91. The Bertz CT molecular complexity index is 1680. The van der Waals surface area contributed by atoms with E-state index in [1.165, 1.54) is 124 Å². The number of benzene rings is 4. The van der Waals surface area contributed by atoms with Crippen LogP contribution in [0.3, 0.4) is 0 Å². The predicted molar refractivity (Wildman–Crippen MR) is 281 cm³/mol. The number of halogens is 2. The van der Waals surface area contributed by atoms with Crippen LogP contribution in [0.2, 0.25) is 0 Å². The maximum atomic E-state index is 5.91. The third-order valence-electron chi connectivity index (χ3n) is 14.7. The van der Waals surface area contributed by atoms with Crippen LogP contribution in [0.5, 0.6) is 0 Å². The SMILES string of the molecule is CCc1ccc(C[PH+](C2CCCCC2)C2CCCCC2)cc1.CCc1ccc(C[PH+](C2CCCCC2)C2CCCCC2)cc1.[Cl][Ru]([Cl])=[CH]C=C(c1ccccc1)c1ccccc1. The van der Waals surface area contributed by atoms with Crippen LogP contribution < -0.4 is 0 Å². The van der Waals surface area contributed by atoms with Crippen LogP contribution in [0.25, 0.3) is 5.57 Å². The summed E-state index contributed by atoms with van der Waals surface area (Å²) < 4.78 is 1.92. The fourth-order valence-corrected chi connectivity index (χ4v) is 20.6. The zero-order chi connectivity index (χ0) is 43.2. The molecule has 0 spiro atoms. The molecule has 4 fully saturated rings.